The fourth-order valence-corrected chi connectivity index (χ4v) is 1.85. The minimum absolute atomic E-state index is 0.295. The molecule has 5 heteroatoms. The third-order valence-corrected chi connectivity index (χ3v) is 2.81. The van der Waals surface area contributed by atoms with Crippen molar-refractivity contribution in [3.8, 4) is 18.1 Å². The van der Waals surface area contributed by atoms with Crippen molar-refractivity contribution in [2.24, 2.45) is 0 Å². The van der Waals surface area contributed by atoms with Gasteiger partial charge in [0.2, 0.25) is 0 Å². The molecule has 5 nitrogen and oxygen atoms in total. The first-order valence-electron chi connectivity index (χ1n) is 6.59. The zero-order chi connectivity index (χ0) is 14.0. The fourth-order valence-electron chi connectivity index (χ4n) is 1.85. The second-order valence-electron chi connectivity index (χ2n) is 4.30. The van der Waals surface area contributed by atoms with Crippen molar-refractivity contribution < 1.29 is 4.74 Å². The van der Waals surface area contributed by atoms with E-state index in [4.69, 9.17) is 11.2 Å². The van der Waals surface area contributed by atoms with Crippen LogP contribution in [0.15, 0.2) is 36.7 Å². The maximum Gasteiger partial charge on any atom is 0.148 e. The van der Waals surface area contributed by atoms with E-state index < -0.39 is 0 Å². The molecule has 0 saturated carbocycles. The Kier molecular flexibility index (Phi) is 5.62. The van der Waals surface area contributed by atoms with Crippen molar-refractivity contribution in [2.45, 2.75) is 19.5 Å². The van der Waals surface area contributed by atoms with E-state index in [1.807, 2.05) is 35.1 Å². The van der Waals surface area contributed by atoms with Crippen molar-refractivity contribution >= 4 is 0 Å². The summed E-state index contributed by atoms with van der Waals surface area (Å²) in [4.78, 5) is 0. The van der Waals surface area contributed by atoms with Crippen LogP contribution in [0.3, 0.4) is 0 Å². The molecule has 0 fully saturated rings. The van der Waals surface area contributed by atoms with E-state index in [1.54, 1.807) is 6.20 Å². The quantitative estimate of drug-likeness (QED) is 0.583. The normalized spacial score (nSPS) is 10.2. The van der Waals surface area contributed by atoms with Crippen LogP contribution < -0.4 is 10.1 Å². The largest absolute Gasteiger partial charge is 0.481 e. The number of para-hydroxylation sites is 1. The van der Waals surface area contributed by atoms with Crippen molar-refractivity contribution in [1.82, 2.24) is 20.3 Å². The van der Waals surface area contributed by atoms with E-state index in [-0.39, 0.29) is 0 Å². The highest BCUT2D eigenvalue weighted by atomic mass is 16.5. The minimum Gasteiger partial charge on any atom is -0.481 e. The van der Waals surface area contributed by atoms with Gasteiger partial charge in [0.1, 0.15) is 12.4 Å². The molecular formula is C15H18N4O. The van der Waals surface area contributed by atoms with Crippen molar-refractivity contribution in [3.63, 3.8) is 0 Å². The van der Waals surface area contributed by atoms with Crippen LogP contribution in [0.4, 0.5) is 0 Å². The Hall–Kier alpha value is -2.32. The number of ether oxygens (including phenoxy) is 1. The lowest BCUT2D eigenvalue weighted by molar-refractivity contribution is 0.364. The van der Waals surface area contributed by atoms with E-state index >= 15 is 0 Å². The van der Waals surface area contributed by atoms with Gasteiger partial charge in [-0.15, -0.1) is 11.5 Å². The van der Waals surface area contributed by atoms with E-state index in [0.717, 1.165) is 37.4 Å². The van der Waals surface area contributed by atoms with Gasteiger partial charge in [0.05, 0.1) is 6.20 Å². The van der Waals surface area contributed by atoms with E-state index in [2.05, 4.69) is 21.5 Å². The predicted octanol–water partition coefficient (Wildman–Crippen LogP) is 1.47. The summed E-state index contributed by atoms with van der Waals surface area (Å²) >= 11 is 0. The van der Waals surface area contributed by atoms with Gasteiger partial charge in [-0.2, -0.15) is 0 Å². The zero-order valence-corrected chi connectivity index (χ0v) is 11.3. The Morgan fingerprint density at radius 3 is 3.05 bits per heavy atom. The second kappa shape index (κ2) is 7.97. The van der Waals surface area contributed by atoms with Gasteiger partial charge >= 0.3 is 0 Å². The molecule has 0 atom stereocenters. The smallest absolute Gasteiger partial charge is 0.148 e. The predicted molar refractivity (Wildman–Crippen MR) is 77.1 cm³/mol. The van der Waals surface area contributed by atoms with Gasteiger partial charge in [-0.1, -0.05) is 29.3 Å². The summed E-state index contributed by atoms with van der Waals surface area (Å²) in [6, 6.07) is 7.91. The zero-order valence-electron chi connectivity index (χ0n) is 11.3. The molecule has 0 spiro atoms. The molecular weight excluding hydrogens is 252 g/mol. The van der Waals surface area contributed by atoms with Crippen LogP contribution in [-0.2, 0) is 13.1 Å². The van der Waals surface area contributed by atoms with Crippen LogP contribution in [0.25, 0.3) is 0 Å². The number of nitrogens with one attached hydrogen (secondary N) is 1. The number of hydrogen-bond acceptors (Lipinski definition) is 4. The van der Waals surface area contributed by atoms with Gasteiger partial charge in [0.15, 0.2) is 0 Å². The molecule has 1 aromatic carbocycles. The number of terminal acetylenes is 1. The summed E-state index contributed by atoms with van der Waals surface area (Å²) in [6.07, 6.45) is 9.76. The summed E-state index contributed by atoms with van der Waals surface area (Å²) in [6.45, 7) is 2.83. The average molecular weight is 270 g/mol. The number of benzene rings is 1. The number of rotatable bonds is 8. The standard InChI is InChI=1S/C15H18N4O/c1-2-12-20-15-7-4-3-6-14(15)13-16-8-5-10-19-11-9-17-18-19/h1,3-4,6-7,9,11,16H,5,8,10,12-13H2. The fraction of sp³-hybridized carbons (Fsp3) is 0.333. The first-order chi connectivity index (χ1) is 9.90. The van der Waals surface area contributed by atoms with Crippen LogP contribution in [0.5, 0.6) is 5.75 Å². The first-order valence-corrected chi connectivity index (χ1v) is 6.59. The van der Waals surface area contributed by atoms with Gasteiger partial charge in [-0.3, -0.25) is 4.68 Å². The van der Waals surface area contributed by atoms with Gasteiger partial charge in [0, 0.05) is 24.8 Å². The van der Waals surface area contributed by atoms with E-state index in [9.17, 15) is 0 Å². The lowest BCUT2D eigenvalue weighted by Crippen LogP contribution is -2.17. The topological polar surface area (TPSA) is 52.0 Å². The highest BCUT2D eigenvalue weighted by molar-refractivity contribution is 5.33. The second-order valence-corrected chi connectivity index (χ2v) is 4.30. The van der Waals surface area contributed by atoms with Crippen LogP contribution in [0.1, 0.15) is 12.0 Å². The number of nitrogens with zero attached hydrogens (tertiary/aromatic N) is 3. The van der Waals surface area contributed by atoms with Crippen LogP contribution in [0.2, 0.25) is 0 Å². The van der Waals surface area contributed by atoms with Crippen molar-refractivity contribution in [3.05, 3.63) is 42.2 Å². The Morgan fingerprint density at radius 1 is 1.35 bits per heavy atom. The summed E-state index contributed by atoms with van der Waals surface area (Å²) < 4.78 is 7.33. The molecule has 0 radical (unpaired) electrons. The lowest BCUT2D eigenvalue weighted by Gasteiger charge is -2.10. The average Bonchev–Trinajstić information content (AvgIpc) is 2.99. The molecule has 0 aliphatic heterocycles. The van der Waals surface area contributed by atoms with Gasteiger partial charge in [-0.05, 0) is 19.0 Å². The maximum absolute atomic E-state index is 5.50. The Labute approximate surface area is 119 Å². The maximum atomic E-state index is 5.50. The number of aryl methyl sites for hydroxylation is 1. The van der Waals surface area contributed by atoms with Crippen LogP contribution in [0, 0.1) is 12.3 Å². The molecule has 104 valence electrons. The van der Waals surface area contributed by atoms with E-state index in [1.165, 1.54) is 0 Å². The third-order valence-electron chi connectivity index (χ3n) is 2.81. The number of hydrogen-bond donors (Lipinski definition) is 1. The van der Waals surface area contributed by atoms with Gasteiger partial charge in [-0.25, -0.2) is 0 Å². The molecule has 2 aromatic rings. The molecule has 1 N–H and O–H groups in total. The highest BCUT2D eigenvalue weighted by Gasteiger charge is 2.01. The monoisotopic (exact) mass is 270 g/mol. The molecule has 1 aromatic heterocycles. The van der Waals surface area contributed by atoms with Crippen molar-refractivity contribution in [2.75, 3.05) is 13.2 Å². The molecule has 1 heterocycles. The summed E-state index contributed by atoms with van der Waals surface area (Å²) in [5, 5.41) is 11.1. The molecule has 0 unspecified atom stereocenters. The van der Waals surface area contributed by atoms with Crippen LogP contribution >= 0.6 is 0 Å². The minimum atomic E-state index is 0.295. The summed E-state index contributed by atoms with van der Waals surface area (Å²) in [5.74, 6) is 3.32. The van der Waals surface area contributed by atoms with Gasteiger partial charge in [0.25, 0.3) is 0 Å². The summed E-state index contributed by atoms with van der Waals surface area (Å²) in [5.41, 5.74) is 1.11. The van der Waals surface area contributed by atoms with E-state index in [0.29, 0.717) is 6.61 Å². The SMILES string of the molecule is C#CCOc1ccccc1CNCCCn1ccnn1. The lowest BCUT2D eigenvalue weighted by atomic mass is 10.2. The molecule has 0 amide bonds. The molecule has 20 heavy (non-hydrogen) atoms. The first kappa shape index (κ1) is 14.1. The highest BCUT2D eigenvalue weighted by Crippen LogP contribution is 2.17. The molecule has 0 saturated heterocycles. The summed E-state index contributed by atoms with van der Waals surface area (Å²) in [7, 11) is 0. The Morgan fingerprint density at radius 2 is 2.25 bits per heavy atom. The molecule has 0 aliphatic carbocycles. The number of aromatic nitrogens is 3. The molecule has 0 bridgehead atoms. The van der Waals surface area contributed by atoms with Crippen molar-refractivity contribution in [1.29, 1.82) is 0 Å². The van der Waals surface area contributed by atoms with Gasteiger partial charge < -0.3 is 10.1 Å². The Bertz CT molecular complexity index is 545. The Balaban J connectivity index is 1.72. The third kappa shape index (κ3) is 4.41. The molecule has 2 rings (SSSR count). The molecule has 0 aliphatic rings. The van der Waals surface area contributed by atoms with Crippen LogP contribution in [-0.4, -0.2) is 28.1 Å².